The van der Waals surface area contributed by atoms with E-state index in [4.69, 9.17) is 6.57 Å². The molecular weight excluding hydrogens is 816 g/mol. The summed E-state index contributed by atoms with van der Waals surface area (Å²) in [4.78, 5) is 3.95. The van der Waals surface area contributed by atoms with E-state index in [1.165, 1.54) is 0 Å². The summed E-state index contributed by atoms with van der Waals surface area (Å²) >= 11 is 0. The molecule has 0 radical (unpaired) electrons. The lowest BCUT2D eigenvalue weighted by Crippen LogP contribution is -2.06. The van der Waals surface area contributed by atoms with Gasteiger partial charge in [-0.25, -0.2) is 4.85 Å². The summed E-state index contributed by atoms with van der Waals surface area (Å²) in [6.07, 6.45) is -4.62. The minimum Gasteiger partial charge on any atom is -0.308 e. The van der Waals surface area contributed by atoms with E-state index < -0.39 is 11.7 Å². The van der Waals surface area contributed by atoms with E-state index >= 15 is 0 Å². The summed E-state index contributed by atoms with van der Waals surface area (Å²) in [6.45, 7) is 10.1. The second kappa shape index (κ2) is 15.2. The minimum absolute atomic E-state index is 0.147. The van der Waals surface area contributed by atoms with Crippen molar-refractivity contribution < 1.29 is 13.2 Å². The zero-order valence-electron chi connectivity index (χ0n) is 34.2. The molecule has 0 atom stereocenters. The van der Waals surface area contributed by atoms with Crippen molar-refractivity contribution in [3.05, 3.63) is 196 Å². The van der Waals surface area contributed by atoms with E-state index in [1.807, 2.05) is 84.9 Å². The molecule has 0 aliphatic heterocycles. The Balaban J connectivity index is 1.31. The zero-order chi connectivity index (χ0) is 45.1. The summed E-state index contributed by atoms with van der Waals surface area (Å²) in [6, 6.07) is 53.4. The summed E-state index contributed by atoms with van der Waals surface area (Å²) in [5.41, 5.74) is 8.85. The molecule has 0 aliphatic carbocycles. The molecule has 7 nitrogen and oxygen atoms in total. The lowest BCUT2D eigenvalue weighted by molar-refractivity contribution is -0.137. The Morgan fingerprint density at radius 3 is 1.45 bits per heavy atom. The van der Waals surface area contributed by atoms with Crippen LogP contribution < -0.4 is 0 Å². The van der Waals surface area contributed by atoms with Gasteiger partial charge >= 0.3 is 6.18 Å². The monoisotopic (exact) mass is 843 g/mol. The quantitative estimate of drug-likeness (QED) is 0.161. The topological polar surface area (TPSA) is 109 Å². The van der Waals surface area contributed by atoms with Gasteiger partial charge in [-0.15, -0.1) is 0 Å². The molecule has 2 heterocycles. The van der Waals surface area contributed by atoms with Crippen molar-refractivity contribution in [1.82, 2.24) is 9.13 Å². The van der Waals surface area contributed by atoms with Gasteiger partial charge in [0.1, 0.15) is 0 Å². The van der Waals surface area contributed by atoms with Gasteiger partial charge in [-0.3, -0.25) is 0 Å². The van der Waals surface area contributed by atoms with Crippen molar-refractivity contribution in [2.45, 2.75) is 13.1 Å². The van der Waals surface area contributed by atoms with E-state index in [0.717, 1.165) is 66.9 Å². The van der Waals surface area contributed by atoms with Gasteiger partial charge in [0.05, 0.1) is 92.1 Å². The molecule has 0 unspecified atom stereocenters. The van der Waals surface area contributed by atoms with E-state index in [2.05, 4.69) is 38.3 Å². The van der Waals surface area contributed by atoms with Crippen LogP contribution >= 0.6 is 0 Å². The number of benzene rings is 8. The molecule has 0 amide bonds. The molecule has 0 fully saturated rings. The predicted octanol–water partition coefficient (Wildman–Crippen LogP) is 14.2. The van der Waals surface area contributed by atoms with E-state index in [9.17, 15) is 34.2 Å². The highest BCUT2D eigenvalue weighted by Crippen LogP contribution is 2.45. The normalized spacial score (nSPS) is 11.3. The van der Waals surface area contributed by atoms with Crippen LogP contribution in [-0.2, 0) is 6.18 Å². The number of aromatic nitrogens is 2. The highest BCUT2D eigenvalue weighted by atomic mass is 19.4. The van der Waals surface area contributed by atoms with Crippen molar-refractivity contribution in [3.8, 4) is 69.0 Å². The number of hydrogen-bond donors (Lipinski definition) is 0. The fourth-order valence-corrected chi connectivity index (χ4v) is 9.07. The lowest BCUT2D eigenvalue weighted by atomic mass is 9.96. The number of nitriles is 4. The van der Waals surface area contributed by atoms with Crippen LogP contribution in [0.5, 0.6) is 0 Å². The number of hydrogen-bond acceptors (Lipinski definition) is 4. The second-order valence-corrected chi connectivity index (χ2v) is 15.7. The second-order valence-electron chi connectivity index (χ2n) is 15.7. The van der Waals surface area contributed by atoms with Crippen molar-refractivity contribution in [2.75, 3.05) is 0 Å². The molecule has 65 heavy (non-hydrogen) atoms. The molecule has 0 aliphatic rings. The molecule has 0 N–H and O–H groups in total. The standard InChI is InChI=1S/C55H28F3N7/c1-32-19-37(23-40(20-32)55(56,57)58)45-26-53(64-49-9-5-3-7-43(49)46-24-35(13-17-51(46)64)41-15-11-33(28-59)21-38(41)30-61)54(27-48(45)63-2)65-50-10-6-4-8-44(50)47-25-36(14-18-52(47)65)42-16-12-34(29-60)22-39(42)31-62/h3-27H,1H3. The molecule has 10 rings (SSSR count). The Bertz CT molecular complexity index is 3910. The van der Waals surface area contributed by atoms with Crippen molar-refractivity contribution in [2.24, 2.45) is 0 Å². The summed E-state index contributed by atoms with van der Waals surface area (Å²) in [7, 11) is 0. The molecule has 0 saturated heterocycles. The van der Waals surface area contributed by atoms with Crippen LogP contribution in [-0.4, -0.2) is 9.13 Å². The van der Waals surface area contributed by atoms with Crippen LogP contribution in [0.2, 0.25) is 0 Å². The Kier molecular flexibility index (Phi) is 9.29. The lowest BCUT2D eigenvalue weighted by Gasteiger charge is -2.20. The smallest absolute Gasteiger partial charge is 0.308 e. The first-order valence-electron chi connectivity index (χ1n) is 20.2. The van der Waals surface area contributed by atoms with Gasteiger partial charge in [-0.1, -0.05) is 66.7 Å². The van der Waals surface area contributed by atoms with Crippen molar-refractivity contribution >= 4 is 49.3 Å². The number of halogens is 3. The Morgan fingerprint density at radius 2 is 0.969 bits per heavy atom. The molecule has 10 aromatic rings. The SMILES string of the molecule is [C-]#[N+]c1cc(-n2c3ccccc3c3cc(-c4ccc(C#N)cc4C#N)ccc32)c(-n2c3ccccc3c3cc(-c4ccc(C#N)cc4C#N)ccc32)cc1-c1cc(C)cc(C(F)(F)F)c1. The van der Waals surface area contributed by atoms with Gasteiger partial charge in [0.15, 0.2) is 5.69 Å². The maximum Gasteiger partial charge on any atom is 0.416 e. The number of alkyl halides is 3. The van der Waals surface area contributed by atoms with Gasteiger partial charge in [0.2, 0.25) is 0 Å². The Hall–Kier alpha value is -9.40. The highest BCUT2D eigenvalue weighted by molar-refractivity contribution is 6.13. The van der Waals surface area contributed by atoms with Crippen LogP contribution in [0.3, 0.4) is 0 Å². The first-order chi connectivity index (χ1) is 31.5. The predicted molar refractivity (Wildman–Crippen MR) is 246 cm³/mol. The molecule has 304 valence electrons. The number of nitrogens with zero attached hydrogens (tertiary/aromatic N) is 7. The fourth-order valence-electron chi connectivity index (χ4n) is 9.07. The van der Waals surface area contributed by atoms with Crippen molar-refractivity contribution in [1.29, 1.82) is 21.0 Å². The summed E-state index contributed by atoms with van der Waals surface area (Å²) in [5, 5.41) is 42.7. The van der Waals surface area contributed by atoms with Crippen LogP contribution in [0, 0.1) is 58.8 Å². The van der Waals surface area contributed by atoms with Crippen molar-refractivity contribution in [3.63, 3.8) is 0 Å². The van der Waals surface area contributed by atoms with Gasteiger partial charge in [0.25, 0.3) is 0 Å². The first-order valence-corrected chi connectivity index (χ1v) is 20.2. The van der Waals surface area contributed by atoms with Crippen LogP contribution in [0.1, 0.15) is 33.4 Å². The zero-order valence-corrected chi connectivity index (χ0v) is 34.2. The molecular formula is C55H28F3N7. The molecule has 2 aromatic heterocycles. The summed E-state index contributed by atoms with van der Waals surface area (Å²) in [5.74, 6) is 0. The van der Waals surface area contributed by atoms with E-state index in [-0.39, 0.29) is 11.3 Å². The molecule has 0 bridgehead atoms. The van der Waals surface area contributed by atoms with Crippen LogP contribution in [0.15, 0.2) is 152 Å². The molecule has 10 heteroatoms. The third-order valence-corrected chi connectivity index (χ3v) is 11.9. The van der Waals surface area contributed by atoms with Gasteiger partial charge < -0.3 is 9.13 Å². The highest BCUT2D eigenvalue weighted by Gasteiger charge is 2.32. The maximum atomic E-state index is 14.4. The fraction of sp³-hybridized carbons (Fsp3) is 0.0364. The van der Waals surface area contributed by atoms with Crippen LogP contribution in [0.4, 0.5) is 18.9 Å². The van der Waals surface area contributed by atoms with Gasteiger partial charge in [0, 0.05) is 21.5 Å². The minimum atomic E-state index is -4.62. The number of fused-ring (bicyclic) bond motifs is 6. The molecule has 0 spiro atoms. The summed E-state index contributed by atoms with van der Waals surface area (Å²) < 4.78 is 47.2. The third kappa shape index (κ3) is 6.49. The van der Waals surface area contributed by atoms with Crippen LogP contribution in [0.25, 0.3) is 93.2 Å². The third-order valence-electron chi connectivity index (χ3n) is 11.9. The average Bonchev–Trinajstić information content (AvgIpc) is 3.84. The van der Waals surface area contributed by atoms with E-state index in [0.29, 0.717) is 55.9 Å². The van der Waals surface area contributed by atoms with Gasteiger partial charge in [-0.2, -0.15) is 34.2 Å². The average molecular weight is 844 g/mol. The first kappa shape index (κ1) is 39.7. The maximum absolute atomic E-state index is 14.4. The largest absolute Gasteiger partial charge is 0.416 e. The molecule has 0 saturated carbocycles. The molecule has 8 aromatic carbocycles. The number of para-hydroxylation sites is 2. The number of aryl methyl sites for hydroxylation is 1. The van der Waals surface area contributed by atoms with Gasteiger partial charge in [-0.05, 0) is 131 Å². The number of rotatable bonds is 5. The Labute approximate surface area is 370 Å². The Morgan fingerprint density at radius 1 is 0.477 bits per heavy atom. The van der Waals surface area contributed by atoms with E-state index in [1.54, 1.807) is 61.5 Å².